The molecule has 0 atom stereocenters. The molecule has 20 heavy (non-hydrogen) atoms. The number of nitrogen functional groups attached to an aromatic ring is 1. The third-order valence-corrected chi connectivity index (χ3v) is 5.16. The van der Waals surface area contributed by atoms with Crippen molar-refractivity contribution >= 4 is 29.1 Å². The molecule has 0 aliphatic heterocycles. The van der Waals surface area contributed by atoms with E-state index in [4.69, 9.17) is 21.9 Å². The number of benzene rings is 1. The molecule has 1 aliphatic carbocycles. The molecule has 0 amide bonds. The first kappa shape index (κ1) is 13.8. The molecule has 0 radical (unpaired) electrons. The quantitative estimate of drug-likeness (QED) is 0.859. The van der Waals surface area contributed by atoms with Gasteiger partial charge in [0.15, 0.2) is 5.82 Å². The lowest BCUT2D eigenvalue weighted by molar-refractivity contribution is 0.425. The molecular formula is C14H16ClN3OS. The summed E-state index contributed by atoms with van der Waals surface area (Å²) in [6.45, 7) is 0. The largest absolute Gasteiger partial charge is 0.398 e. The van der Waals surface area contributed by atoms with Gasteiger partial charge in [0.2, 0.25) is 0 Å². The van der Waals surface area contributed by atoms with Crippen LogP contribution in [-0.2, 0) is 5.75 Å². The van der Waals surface area contributed by atoms with Gasteiger partial charge in [-0.1, -0.05) is 35.7 Å². The molecule has 0 saturated heterocycles. The first-order valence-corrected chi connectivity index (χ1v) is 8.15. The highest BCUT2D eigenvalue weighted by Gasteiger charge is 2.18. The standard InChI is InChI=1S/C14H16ClN3OS/c15-10-6-3-7-11(16)13(10)14-17-12(18-19-14)8-20-9-4-1-2-5-9/h3,6-7,9H,1-2,4-5,8,16H2. The molecule has 0 bridgehead atoms. The third kappa shape index (κ3) is 2.94. The van der Waals surface area contributed by atoms with Crippen molar-refractivity contribution in [2.45, 2.75) is 36.7 Å². The van der Waals surface area contributed by atoms with Crippen molar-refractivity contribution in [2.75, 3.05) is 5.73 Å². The van der Waals surface area contributed by atoms with E-state index in [9.17, 15) is 0 Å². The topological polar surface area (TPSA) is 64.9 Å². The van der Waals surface area contributed by atoms with Crippen LogP contribution >= 0.6 is 23.4 Å². The van der Waals surface area contributed by atoms with Crippen LogP contribution < -0.4 is 5.73 Å². The van der Waals surface area contributed by atoms with Gasteiger partial charge in [-0.2, -0.15) is 16.7 Å². The summed E-state index contributed by atoms with van der Waals surface area (Å²) in [5, 5.41) is 5.28. The van der Waals surface area contributed by atoms with Gasteiger partial charge >= 0.3 is 0 Å². The Bertz CT molecular complexity index is 576. The maximum absolute atomic E-state index is 6.14. The molecule has 1 aliphatic rings. The molecule has 1 aromatic carbocycles. The van der Waals surface area contributed by atoms with Crippen molar-refractivity contribution in [3.63, 3.8) is 0 Å². The number of thioether (sulfide) groups is 1. The van der Waals surface area contributed by atoms with Crippen molar-refractivity contribution in [1.29, 1.82) is 0 Å². The molecule has 1 heterocycles. The number of aromatic nitrogens is 2. The zero-order chi connectivity index (χ0) is 13.9. The van der Waals surface area contributed by atoms with E-state index in [1.807, 2.05) is 11.8 Å². The summed E-state index contributed by atoms with van der Waals surface area (Å²) in [4.78, 5) is 4.40. The zero-order valence-electron chi connectivity index (χ0n) is 11.0. The van der Waals surface area contributed by atoms with Crippen LogP contribution in [0.5, 0.6) is 0 Å². The summed E-state index contributed by atoms with van der Waals surface area (Å²) < 4.78 is 5.29. The van der Waals surface area contributed by atoms with E-state index in [2.05, 4.69) is 10.1 Å². The zero-order valence-corrected chi connectivity index (χ0v) is 12.6. The van der Waals surface area contributed by atoms with Gasteiger partial charge in [-0.25, -0.2) is 0 Å². The lowest BCUT2D eigenvalue weighted by atomic mass is 10.2. The van der Waals surface area contributed by atoms with Crippen LogP contribution in [0.25, 0.3) is 11.5 Å². The van der Waals surface area contributed by atoms with Crippen molar-refractivity contribution in [1.82, 2.24) is 10.1 Å². The Morgan fingerprint density at radius 1 is 1.35 bits per heavy atom. The van der Waals surface area contributed by atoms with E-state index >= 15 is 0 Å². The van der Waals surface area contributed by atoms with Crippen LogP contribution in [0.2, 0.25) is 5.02 Å². The summed E-state index contributed by atoms with van der Waals surface area (Å²) in [6, 6.07) is 5.34. The second-order valence-electron chi connectivity index (χ2n) is 4.94. The summed E-state index contributed by atoms with van der Waals surface area (Å²) in [7, 11) is 0. The number of nitrogens with two attached hydrogens (primary N) is 1. The Morgan fingerprint density at radius 2 is 2.15 bits per heavy atom. The van der Waals surface area contributed by atoms with Crippen LogP contribution in [0.4, 0.5) is 5.69 Å². The summed E-state index contributed by atoms with van der Waals surface area (Å²) in [6.07, 6.45) is 5.27. The average Bonchev–Trinajstić information content (AvgIpc) is 3.07. The van der Waals surface area contributed by atoms with Crippen molar-refractivity contribution in [2.24, 2.45) is 0 Å². The number of hydrogen-bond donors (Lipinski definition) is 1. The highest BCUT2D eigenvalue weighted by Crippen LogP contribution is 2.34. The molecule has 0 unspecified atom stereocenters. The van der Waals surface area contributed by atoms with E-state index < -0.39 is 0 Å². The molecule has 6 heteroatoms. The van der Waals surface area contributed by atoms with Gasteiger partial charge in [0, 0.05) is 10.9 Å². The van der Waals surface area contributed by atoms with Crippen LogP contribution in [0, 0.1) is 0 Å². The number of rotatable bonds is 4. The van der Waals surface area contributed by atoms with Gasteiger partial charge in [0.25, 0.3) is 5.89 Å². The van der Waals surface area contributed by atoms with Gasteiger partial charge in [-0.05, 0) is 25.0 Å². The second-order valence-corrected chi connectivity index (χ2v) is 6.63. The monoisotopic (exact) mass is 309 g/mol. The highest BCUT2D eigenvalue weighted by molar-refractivity contribution is 7.99. The third-order valence-electron chi connectivity index (χ3n) is 3.48. The van der Waals surface area contributed by atoms with Crippen molar-refractivity contribution < 1.29 is 4.52 Å². The van der Waals surface area contributed by atoms with Crippen LogP contribution in [0.15, 0.2) is 22.7 Å². The molecule has 1 saturated carbocycles. The van der Waals surface area contributed by atoms with E-state index in [1.165, 1.54) is 25.7 Å². The molecular weight excluding hydrogens is 294 g/mol. The number of anilines is 1. The Kier molecular flexibility index (Phi) is 4.17. The van der Waals surface area contributed by atoms with E-state index in [1.54, 1.807) is 18.2 Å². The van der Waals surface area contributed by atoms with E-state index in [-0.39, 0.29) is 0 Å². The van der Waals surface area contributed by atoms with Gasteiger partial charge in [-0.15, -0.1) is 0 Å². The fourth-order valence-corrected chi connectivity index (χ4v) is 3.86. The first-order valence-electron chi connectivity index (χ1n) is 6.72. The minimum absolute atomic E-state index is 0.398. The Morgan fingerprint density at radius 3 is 2.90 bits per heavy atom. The summed E-state index contributed by atoms with van der Waals surface area (Å²) in [5.41, 5.74) is 7.09. The van der Waals surface area contributed by atoms with Gasteiger partial charge in [-0.3, -0.25) is 0 Å². The number of nitrogens with zero attached hydrogens (tertiary/aromatic N) is 2. The van der Waals surface area contributed by atoms with Gasteiger partial charge < -0.3 is 10.3 Å². The second kappa shape index (κ2) is 6.06. The molecule has 0 spiro atoms. The van der Waals surface area contributed by atoms with Crippen LogP contribution in [0.3, 0.4) is 0 Å². The summed E-state index contributed by atoms with van der Waals surface area (Å²) in [5.74, 6) is 1.88. The molecule has 1 fully saturated rings. The lowest BCUT2D eigenvalue weighted by Gasteiger charge is -2.05. The predicted molar refractivity (Wildman–Crippen MR) is 82.7 cm³/mol. The molecule has 3 rings (SSSR count). The van der Waals surface area contributed by atoms with Crippen molar-refractivity contribution in [3.05, 3.63) is 29.0 Å². The van der Waals surface area contributed by atoms with E-state index in [0.717, 1.165) is 11.0 Å². The number of hydrogen-bond acceptors (Lipinski definition) is 5. The average molecular weight is 310 g/mol. The Hall–Kier alpha value is -1.20. The fourth-order valence-electron chi connectivity index (χ4n) is 2.43. The molecule has 1 aromatic heterocycles. The number of halogens is 1. The van der Waals surface area contributed by atoms with Gasteiger partial charge in [0.1, 0.15) is 0 Å². The highest BCUT2D eigenvalue weighted by atomic mass is 35.5. The fraction of sp³-hybridized carbons (Fsp3) is 0.429. The molecule has 4 nitrogen and oxygen atoms in total. The predicted octanol–water partition coefficient (Wildman–Crippen LogP) is 4.15. The normalized spacial score (nSPS) is 15.8. The van der Waals surface area contributed by atoms with Gasteiger partial charge in [0.05, 0.1) is 16.3 Å². The van der Waals surface area contributed by atoms with Crippen LogP contribution in [0.1, 0.15) is 31.5 Å². The maximum atomic E-state index is 6.14. The Labute approximate surface area is 127 Å². The minimum Gasteiger partial charge on any atom is -0.398 e. The summed E-state index contributed by atoms with van der Waals surface area (Å²) >= 11 is 8.05. The molecule has 2 aromatic rings. The molecule has 106 valence electrons. The molecule has 2 N–H and O–H groups in total. The van der Waals surface area contributed by atoms with Crippen molar-refractivity contribution in [3.8, 4) is 11.5 Å². The SMILES string of the molecule is Nc1cccc(Cl)c1-c1nc(CSC2CCCC2)no1. The smallest absolute Gasteiger partial charge is 0.261 e. The maximum Gasteiger partial charge on any atom is 0.261 e. The van der Waals surface area contributed by atoms with Crippen LogP contribution in [-0.4, -0.2) is 15.4 Å². The minimum atomic E-state index is 0.398. The van der Waals surface area contributed by atoms with E-state index in [0.29, 0.717) is 28.0 Å². The Balaban J connectivity index is 1.73. The first-order chi connectivity index (χ1) is 9.74. The lowest BCUT2D eigenvalue weighted by Crippen LogP contribution is -1.96.